The van der Waals surface area contributed by atoms with Gasteiger partial charge in [0.1, 0.15) is 11.4 Å². The molecule has 1 saturated heterocycles. The van der Waals surface area contributed by atoms with Gasteiger partial charge in [0, 0.05) is 36.8 Å². The van der Waals surface area contributed by atoms with Gasteiger partial charge in [-0.25, -0.2) is 4.90 Å². The second-order valence-electron chi connectivity index (χ2n) is 7.72. The van der Waals surface area contributed by atoms with Crippen LogP contribution < -0.4 is 9.64 Å². The van der Waals surface area contributed by atoms with Gasteiger partial charge in [-0.3, -0.25) is 9.59 Å². The summed E-state index contributed by atoms with van der Waals surface area (Å²) < 4.78 is 5.52. The molecular weight excluding hydrogens is 414 g/mol. The molecule has 0 unspecified atom stereocenters. The van der Waals surface area contributed by atoms with Gasteiger partial charge in [-0.15, -0.1) is 0 Å². The zero-order chi connectivity index (χ0) is 22.1. The molecule has 2 aromatic rings. The lowest BCUT2D eigenvalue weighted by atomic mass is 10.0. The standard InChI is InChI=1S/C24H26ClN3O3/c1-4-26-11-13-27(14-12-26)22-21(18-7-5-6-8-20(18)31-3)23(29)28(24(22)30)17-10-9-16(2)19(25)15-17/h5-10,15H,4,11-14H2,1-3H3. The quantitative estimate of drug-likeness (QED) is 0.666. The van der Waals surface area contributed by atoms with Crippen LogP contribution in [0.3, 0.4) is 0 Å². The van der Waals surface area contributed by atoms with Gasteiger partial charge in [-0.2, -0.15) is 0 Å². The van der Waals surface area contributed by atoms with E-state index in [9.17, 15) is 9.59 Å². The van der Waals surface area contributed by atoms with E-state index in [1.165, 1.54) is 4.90 Å². The molecule has 6 nitrogen and oxygen atoms in total. The highest BCUT2D eigenvalue weighted by atomic mass is 35.5. The van der Waals surface area contributed by atoms with Gasteiger partial charge < -0.3 is 14.5 Å². The lowest BCUT2D eigenvalue weighted by molar-refractivity contribution is -0.120. The molecule has 2 amide bonds. The molecule has 31 heavy (non-hydrogen) atoms. The SMILES string of the molecule is CCN1CCN(C2=C(c3ccccc3OC)C(=O)N(c3ccc(C)c(Cl)c3)C2=O)CC1. The van der Waals surface area contributed by atoms with Crippen molar-refractivity contribution >= 4 is 34.7 Å². The number of hydrogen-bond acceptors (Lipinski definition) is 5. The fourth-order valence-corrected chi connectivity index (χ4v) is 4.32. The zero-order valence-corrected chi connectivity index (χ0v) is 18.8. The first-order valence-corrected chi connectivity index (χ1v) is 10.8. The maximum Gasteiger partial charge on any atom is 0.282 e. The number of aryl methyl sites for hydroxylation is 1. The third kappa shape index (κ3) is 3.82. The number of imide groups is 1. The van der Waals surface area contributed by atoms with Gasteiger partial charge in [-0.05, 0) is 37.2 Å². The van der Waals surface area contributed by atoms with Crippen molar-refractivity contribution in [3.63, 3.8) is 0 Å². The van der Waals surface area contributed by atoms with Gasteiger partial charge in [-0.1, -0.05) is 42.8 Å². The number of carbonyl (C=O) groups is 2. The molecule has 7 heteroatoms. The maximum atomic E-state index is 13.7. The van der Waals surface area contributed by atoms with E-state index in [1.54, 1.807) is 25.3 Å². The smallest absolute Gasteiger partial charge is 0.282 e. The first-order valence-electron chi connectivity index (χ1n) is 10.5. The van der Waals surface area contributed by atoms with Gasteiger partial charge in [0.2, 0.25) is 0 Å². The third-order valence-electron chi connectivity index (χ3n) is 5.99. The molecule has 2 heterocycles. The van der Waals surface area contributed by atoms with Crippen molar-refractivity contribution in [3.8, 4) is 5.75 Å². The van der Waals surface area contributed by atoms with E-state index in [4.69, 9.17) is 16.3 Å². The van der Waals surface area contributed by atoms with Gasteiger partial charge in [0.15, 0.2) is 0 Å². The highest BCUT2D eigenvalue weighted by Crippen LogP contribution is 2.39. The molecule has 0 aromatic heterocycles. The zero-order valence-electron chi connectivity index (χ0n) is 18.0. The van der Waals surface area contributed by atoms with Crippen molar-refractivity contribution in [2.45, 2.75) is 13.8 Å². The number of ether oxygens (including phenoxy) is 1. The molecule has 0 aliphatic carbocycles. The van der Waals surface area contributed by atoms with E-state index in [0.29, 0.717) is 46.4 Å². The van der Waals surface area contributed by atoms with Crippen LogP contribution in [0, 0.1) is 6.92 Å². The van der Waals surface area contributed by atoms with Crippen LogP contribution in [-0.2, 0) is 9.59 Å². The van der Waals surface area contributed by atoms with Gasteiger partial charge >= 0.3 is 0 Å². The molecule has 0 spiro atoms. The van der Waals surface area contributed by atoms with E-state index >= 15 is 0 Å². The number of carbonyl (C=O) groups excluding carboxylic acids is 2. The minimum atomic E-state index is -0.359. The first kappa shape index (κ1) is 21.4. The number of rotatable bonds is 5. The highest BCUT2D eigenvalue weighted by molar-refractivity contribution is 6.46. The number of nitrogens with zero attached hydrogens (tertiary/aromatic N) is 3. The summed E-state index contributed by atoms with van der Waals surface area (Å²) >= 11 is 6.31. The molecule has 0 radical (unpaired) electrons. The Morgan fingerprint density at radius 1 is 1.00 bits per heavy atom. The Bertz CT molecular complexity index is 1060. The van der Waals surface area contributed by atoms with Crippen LogP contribution in [0.25, 0.3) is 5.57 Å². The molecular formula is C24H26ClN3O3. The van der Waals surface area contributed by atoms with Crippen LogP contribution >= 0.6 is 11.6 Å². The van der Waals surface area contributed by atoms with E-state index in [0.717, 1.165) is 25.2 Å². The fourth-order valence-electron chi connectivity index (χ4n) is 4.15. The van der Waals surface area contributed by atoms with Crippen molar-refractivity contribution < 1.29 is 14.3 Å². The highest BCUT2D eigenvalue weighted by Gasteiger charge is 2.43. The Labute approximate surface area is 187 Å². The average molecular weight is 440 g/mol. The lowest BCUT2D eigenvalue weighted by Gasteiger charge is -2.36. The van der Waals surface area contributed by atoms with Crippen molar-refractivity contribution in [3.05, 3.63) is 64.3 Å². The summed E-state index contributed by atoms with van der Waals surface area (Å²) in [6.45, 7) is 8.03. The second-order valence-corrected chi connectivity index (χ2v) is 8.13. The predicted molar refractivity (Wildman–Crippen MR) is 122 cm³/mol. The lowest BCUT2D eigenvalue weighted by Crippen LogP contribution is -2.47. The van der Waals surface area contributed by atoms with Crippen molar-refractivity contribution in [1.29, 1.82) is 0 Å². The van der Waals surface area contributed by atoms with Crippen LogP contribution in [0.1, 0.15) is 18.1 Å². The molecule has 4 rings (SSSR count). The van der Waals surface area contributed by atoms with Crippen LogP contribution in [-0.4, -0.2) is 61.4 Å². The number of likely N-dealkylation sites (N-methyl/N-ethyl adjacent to an activating group) is 1. The minimum Gasteiger partial charge on any atom is -0.496 e. The van der Waals surface area contributed by atoms with Gasteiger partial charge in [0.05, 0.1) is 18.4 Å². The van der Waals surface area contributed by atoms with E-state index in [2.05, 4.69) is 11.8 Å². The number of amides is 2. The summed E-state index contributed by atoms with van der Waals surface area (Å²) in [6, 6.07) is 12.6. The largest absolute Gasteiger partial charge is 0.496 e. The molecule has 1 fully saturated rings. The molecule has 0 atom stereocenters. The fraction of sp³-hybridized carbons (Fsp3) is 0.333. The van der Waals surface area contributed by atoms with Crippen LogP contribution in [0.2, 0.25) is 5.02 Å². The summed E-state index contributed by atoms with van der Waals surface area (Å²) in [4.78, 5) is 32.9. The molecule has 162 valence electrons. The Balaban J connectivity index is 1.82. The topological polar surface area (TPSA) is 53.1 Å². The monoisotopic (exact) mass is 439 g/mol. The Morgan fingerprint density at radius 2 is 1.71 bits per heavy atom. The Kier molecular flexibility index (Phi) is 6.03. The van der Waals surface area contributed by atoms with Crippen LogP contribution in [0.5, 0.6) is 5.75 Å². The number of methoxy groups -OCH3 is 1. The summed E-state index contributed by atoms with van der Waals surface area (Å²) in [5, 5.41) is 0.516. The Hall–Kier alpha value is -2.83. The molecule has 2 aliphatic heterocycles. The van der Waals surface area contributed by atoms with Crippen molar-refractivity contribution in [1.82, 2.24) is 9.80 Å². The van der Waals surface area contributed by atoms with Crippen molar-refractivity contribution in [2.75, 3.05) is 44.7 Å². The summed E-state index contributed by atoms with van der Waals surface area (Å²) in [5.41, 5.74) is 2.79. The molecule has 0 bridgehead atoms. The number of piperazine rings is 1. The predicted octanol–water partition coefficient (Wildman–Crippen LogP) is 3.58. The van der Waals surface area contributed by atoms with E-state index in [1.807, 2.05) is 36.1 Å². The summed E-state index contributed by atoms with van der Waals surface area (Å²) in [7, 11) is 1.57. The van der Waals surface area contributed by atoms with Crippen molar-refractivity contribution in [2.24, 2.45) is 0 Å². The number of anilines is 1. The molecule has 0 N–H and O–H groups in total. The van der Waals surface area contributed by atoms with Crippen LogP contribution in [0.4, 0.5) is 5.69 Å². The van der Waals surface area contributed by atoms with E-state index in [-0.39, 0.29) is 11.8 Å². The number of benzene rings is 2. The summed E-state index contributed by atoms with van der Waals surface area (Å²) in [6.07, 6.45) is 0. The third-order valence-corrected chi connectivity index (χ3v) is 6.39. The van der Waals surface area contributed by atoms with Crippen LogP contribution in [0.15, 0.2) is 48.2 Å². The summed E-state index contributed by atoms with van der Waals surface area (Å²) in [5.74, 6) is -0.120. The van der Waals surface area contributed by atoms with Gasteiger partial charge in [0.25, 0.3) is 11.8 Å². The molecule has 2 aliphatic rings. The number of halogens is 1. The molecule has 0 saturated carbocycles. The normalized spacial score (nSPS) is 17.7. The maximum absolute atomic E-state index is 13.7. The Morgan fingerprint density at radius 3 is 2.35 bits per heavy atom. The molecule has 2 aromatic carbocycles. The number of hydrogen-bond donors (Lipinski definition) is 0. The first-order chi connectivity index (χ1) is 15.0. The minimum absolute atomic E-state index is 0.323. The number of para-hydroxylation sites is 1. The average Bonchev–Trinajstić information content (AvgIpc) is 3.05. The second kappa shape index (κ2) is 8.73. The van der Waals surface area contributed by atoms with E-state index < -0.39 is 0 Å².